The monoisotopic (exact) mass is 370 g/mol. The van der Waals surface area contributed by atoms with E-state index in [9.17, 15) is 19.8 Å². The SMILES string of the molecule is O=C(C=C(O)c1cccc(C(O)=CC(=O)c2ccccc2)c1)c1ccccc1. The smallest absolute Gasteiger partial charge is 0.189 e. The molecule has 0 radical (unpaired) electrons. The maximum Gasteiger partial charge on any atom is 0.189 e. The molecule has 4 nitrogen and oxygen atoms in total. The van der Waals surface area contributed by atoms with Crippen LogP contribution in [0.3, 0.4) is 0 Å². The van der Waals surface area contributed by atoms with E-state index in [2.05, 4.69) is 0 Å². The van der Waals surface area contributed by atoms with Crippen LogP contribution in [0.1, 0.15) is 31.8 Å². The van der Waals surface area contributed by atoms with Crippen LogP contribution in [0, 0.1) is 0 Å². The molecule has 0 amide bonds. The molecule has 0 bridgehead atoms. The summed E-state index contributed by atoms with van der Waals surface area (Å²) in [4.78, 5) is 24.4. The molecule has 28 heavy (non-hydrogen) atoms. The zero-order valence-corrected chi connectivity index (χ0v) is 14.9. The van der Waals surface area contributed by atoms with Crippen molar-refractivity contribution in [2.45, 2.75) is 0 Å². The summed E-state index contributed by atoms with van der Waals surface area (Å²) in [5, 5.41) is 20.6. The fourth-order valence-electron chi connectivity index (χ4n) is 2.62. The van der Waals surface area contributed by atoms with Gasteiger partial charge in [0.2, 0.25) is 0 Å². The first-order valence-corrected chi connectivity index (χ1v) is 8.65. The van der Waals surface area contributed by atoms with Gasteiger partial charge in [-0.3, -0.25) is 9.59 Å². The predicted octanol–water partition coefficient (Wildman–Crippen LogP) is 5.25. The molecule has 0 heterocycles. The number of hydrogen-bond acceptors (Lipinski definition) is 4. The lowest BCUT2D eigenvalue weighted by Gasteiger charge is -2.05. The van der Waals surface area contributed by atoms with Crippen LogP contribution in [-0.2, 0) is 0 Å². The van der Waals surface area contributed by atoms with Gasteiger partial charge >= 0.3 is 0 Å². The van der Waals surface area contributed by atoms with Crippen LogP contribution in [0.2, 0.25) is 0 Å². The van der Waals surface area contributed by atoms with Crippen LogP contribution in [0.25, 0.3) is 11.5 Å². The number of hydrogen-bond donors (Lipinski definition) is 2. The zero-order valence-electron chi connectivity index (χ0n) is 14.9. The van der Waals surface area contributed by atoms with Crippen LogP contribution in [0.5, 0.6) is 0 Å². The largest absolute Gasteiger partial charge is 0.507 e. The van der Waals surface area contributed by atoms with Gasteiger partial charge in [0.1, 0.15) is 11.5 Å². The number of allylic oxidation sites excluding steroid dienone is 2. The van der Waals surface area contributed by atoms with Crippen molar-refractivity contribution in [1.29, 1.82) is 0 Å². The van der Waals surface area contributed by atoms with Crippen molar-refractivity contribution in [3.05, 3.63) is 119 Å². The summed E-state index contributed by atoms with van der Waals surface area (Å²) in [6.45, 7) is 0. The normalized spacial score (nSPS) is 11.9. The maximum atomic E-state index is 12.2. The van der Waals surface area contributed by atoms with E-state index in [1.807, 2.05) is 0 Å². The first-order chi connectivity index (χ1) is 13.5. The number of carbonyl (C=O) groups is 2. The van der Waals surface area contributed by atoms with E-state index < -0.39 is 0 Å². The lowest BCUT2D eigenvalue weighted by molar-refractivity contribution is 0.103. The van der Waals surface area contributed by atoms with Gasteiger partial charge < -0.3 is 10.2 Å². The Hall–Kier alpha value is -3.92. The molecule has 0 unspecified atom stereocenters. The number of carbonyl (C=O) groups excluding carboxylic acids is 2. The average molecular weight is 370 g/mol. The zero-order chi connectivity index (χ0) is 19.9. The molecule has 0 spiro atoms. The molecule has 4 heteroatoms. The minimum absolute atomic E-state index is 0.224. The van der Waals surface area contributed by atoms with E-state index in [-0.39, 0.29) is 23.1 Å². The summed E-state index contributed by atoms with van der Waals surface area (Å²) in [6.07, 6.45) is 2.26. The van der Waals surface area contributed by atoms with Crippen LogP contribution in [0.4, 0.5) is 0 Å². The van der Waals surface area contributed by atoms with Crippen molar-refractivity contribution < 1.29 is 19.8 Å². The molecule has 0 aliphatic heterocycles. The van der Waals surface area contributed by atoms with Gasteiger partial charge in [-0.1, -0.05) is 78.9 Å². The highest BCUT2D eigenvalue weighted by Crippen LogP contribution is 2.19. The third kappa shape index (κ3) is 4.62. The van der Waals surface area contributed by atoms with Crippen LogP contribution < -0.4 is 0 Å². The molecule has 0 atom stereocenters. The van der Waals surface area contributed by atoms with Crippen LogP contribution in [-0.4, -0.2) is 21.8 Å². The fourth-order valence-corrected chi connectivity index (χ4v) is 2.62. The first-order valence-electron chi connectivity index (χ1n) is 8.65. The molecule has 3 rings (SSSR count). The Kier molecular flexibility index (Phi) is 5.82. The first kappa shape index (κ1) is 18.9. The molecule has 0 saturated heterocycles. The molecule has 2 N–H and O–H groups in total. The standard InChI is InChI=1S/C24H18O4/c25-21(17-8-3-1-4-9-17)15-23(27)19-12-7-13-20(14-19)24(28)16-22(26)18-10-5-2-6-11-18/h1-16,27-28H. The summed E-state index contributed by atoms with van der Waals surface area (Å²) < 4.78 is 0. The molecule has 0 aliphatic rings. The minimum atomic E-state index is -0.331. The summed E-state index contributed by atoms with van der Waals surface area (Å²) in [7, 11) is 0. The van der Waals surface area contributed by atoms with Gasteiger partial charge in [0, 0.05) is 34.4 Å². The highest BCUT2D eigenvalue weighted by molar-refractivity contribution is 6.08. The molecule has 3 aromatic rings. The number of aliphatic hydroxyl groups excluding tert-OH is 2. The van der Waals surface area contributed by atoms with E-state index in [0.717, 1.165) is 12.2 Å². The number of benzene rings is 3. The molecule has 0 saturated carbocycles. The number of aliphatic hydroxyl groups is 2. The quantitative estimate of drug-likeness (QED) is 0.353. The molecule has 0 fully saturated rings. The van der Waals surface area contributed by atoms with E-state index in [1.54, 1.807) is 78.9 Å². The maximum absolute atomic E-state index is 12.2. The Morgan fingerprint density at radius 2 is 0.893 bits per heavy atom. The molecule has 3 aromatic carbocycles. The number of ketones is 2. The lowest BCUT2D eigenvalue weighted by atomic mass is 10.0. The summed E-state index contributed by atoms with van der Waals surface area (Å²) in [5.74, 6) is -1.11. The highest BCUT2D eigenvalue weighted by atomic mass is 16.3. The van der Waals surface area contributed by atoms with E-state index in [4.69, 9.17) is 0 Å². The van der Waals surface area contributed by atoms with Crippen molar-refractivity contribution in [2.75, 3.05) is 0 Å². The van der Waals surface area contributed by atoms with E-state index in [0.29, 0.717) is 22.3 Å². The molecule has 0 aliphatic carbocycles. The molecule has 0 aromatic heterocycles. The van der Waals surface area contributed by atoms with Crippen molar-refractivity contribution in [3.63, 3.8) is 0 Å². The number of rotatable bonds is 6. The Morgan fingerprint density at radius 1 is 0.536 bits per heavy atom. The van der Waals surface area contributed by atoms with E-state index in [1.165, 1.54) is 6.07 Å². The van der Waals surface area contributed by atoms with Gasteiger partial charge in [-0.25, -0.2) is 0 Å². The van der Waals surface area contributed by atoms with Gasteiger partial charge in [-0.2, -0.15) is 0 Å². The summed E-state index contributed by atoms with van der Waals surface area (Å²) in [5.41, 5.74) is 1.63. The van der Waals surface area contributed by atoms with Crippen LogP contribution >= 0.6 is 0 Å². The third-order valence-electron chi connectivity index (χ3n) is 4.11. The summed E-state index contributed by atoms with van der Waals surface area (Å²) in [6, 6.07) is 23.6. The second kappa shape index (κ2) is 8.64. The van der Waals surface area contributed by atoms with Gasteiger partial charge in [-0.05, 0) is 6.07 Å². The fraction of sp³-hybridized carbons (Fsp3) is 0. The van der Waals surface area contributed by atoms with Crippen molar-refractivity contribution in [3.8, 4) is 0 Å². The Morgan fingerprint density at radius 3 is 1.29 bits per heavy atom. The van der Waals surface area contributed by atoms with Gasteiger partial charge in [-0.15, -0.1) is 0 Å². The average Bonchev–Trinajstić information content (AvgIpc) is 2.75. The lowest BCUT2D eigenvalue weighted by Crippen LogP contribution is -1.98. The predicted molar refractivity (Wildman–Crippen MR) is 109 cm³/mol. The Balaban J connectivity index is 1.83. The minimum Gasteiger partial charge on any atom is -0.507 e. The highest BCUT2D eigenvalue weighted by Gasteiger charge is 2.09. The molecular formula is C24H18O4. The molecule has 138 valence electrons. The Bertz CT molecular complexity index is 965. The van der Waals surface area contributed by atoms with Gasteiger partial charge in [0.05, 0.1) is 0 Å². The van der Waals surface area contributed by atoms with Crippen molar-refractivity contribution >= 4 is 23.1 Å². The van der Waals surface area contributed by atoms with Gasteiger partial charge in [0.25, 0.3) is 0 Å². The van der Waals surface area contributed by atoms with Crippen molar-refractivity contribution in [2.24, 2.45) is 0 Å². The topological polar surface area (TPSA) is 74.6 Å². The Labute approximate surface area is 162 Å². The molecular weight excluding hydrogens is 352 g/mol. The van der Waals surface area contributed by atoms with E-state index >= 15 is 0 Å². The van der Waals surface area contributed by atoms with Gasteiger partial charge in [0.15, 0.2) is 11.6 Å². The second-order valence-electron chi connectivity index (χ2n) is 6.10. The second-order valence-corrected chi connectivity index (χ2v) is 6.10. The van der Waals surface area contributed by atoms with Crippen LogP contribution in [0.15, 0.2) is 97.1 Å². The third-order valence-corrected chi connectivity index (χ3v) is 4.11. The van der Waals surface area contributed by atoms with Crippen molar-refractivity contribution in [1.82, 2.24) is 0 Å². The summed E-state index contributed by atoms with van der Waals surface area (Å²) >= 11 is 0.